The lowest BCUT2D eigenvalue weighted by molar-refractivity contribution is -0.385. The average Bonchev–Trinajstić information content (AvgIpc) is 2.43. The van der Waals surface area contributed by atoms with E-state index in [1.807, 2.05) is 0 Å². The number of non-ortho nitro benzene ring substituents is 1. The number of sulfonamides is 1. The minimum absolute atomic E-state index is 0.0273. The maximum atomic E-state index is 12.3. The summed E-state index contributed by atoms with van der Waals surface area (Å²) in [6, 6.07) is 3.52. The molecule has 0 N–H and O–H groups in total. The Morgan fingerprint density at radius 2 is 2.05 bits per heavy atom. The number of nitro benzene ring substituents is 1. The molecule has 0 fully saturated rings. The number of rotatable bonds is 6. The molecular formula is C12H16N2O6S. The molecule has 1 aromatic carbocycles. The maximum absolute atomic E-state index is 12.3. The summed E-state index contributed by atoms with van der Waals surface area (Å²) in [4.78, 5) is 21.1. The van der Waals surface area contributed by atoms with Crippen molar-refractivity contribution in [1.82, 2.24) is 4.31 Å². The van der Waals surface area contributed by atoms with Crippen LogP contribution in [0.3, 0.4) is 0 Å². The van der Waals surface area contributed by atoms with Crippen molar-refractivity contribution < 1.29 is 22.9 Å². The van der Waals surface area contributed by atoms with E-state index in [4.69, 9.17) is 0 Å². The molecule has 0 aliphatic carbocycles. The third-order valence-corrected chi connectivity index (χ3v) is 4.93. The van der Waals surface area contributed by atoms with E-state index in [9.17, 15) is 23.3 Å². The Morgan fingerprint density at radius 3 is 2.52 bits per heavy atom. The fraction of sp³-hybridized carbons (Fsp3) is 0.417. The van der Waals surface area contributed by atoms with Crippen LogP contribution in [-0.2, 0) is 19.6 Å². The maximum Gasteiger partial charge on any atom is 0.306 e. The Morgan fingerprint density at radius 1 is 1.43 bits per heavy atom. The summed E-state index contributed by atoms with van der Waals surface area (Å²) < 4.78 is 30.1. The Bertz CT molecular complexity index is 656. The van der Waals surface area contributed by atoms with Crippen LogP contribution in [0, 0.1) is 17.0 Å². The van der Waals surface area contributed by atoms with E-state index in [2.05, 4.69) is 4.74 Å². The van der Waals surface area contributed by atoms with E-state index in [1.54, 1.807) is 0 Å². The molecule has 0 radical (unpaired) electrons. The molecule has 0 amide bonds. The smallest absolute Gasteiger partial charge is 0.306 e. The van der Waals surface area contributed by atoms with Crippen LogP contribution >= 0.6 is 0 Å². The van der Waals surface area contributed by atoms with Crippen molar-refractivity contribution in [3.8, 4) is 0 Å². The van der Waals surface area contributed by atoms with E-state index in [-0.39, 0.29) is 29.1 Å². The lowest BCUT2D eigenvalue weighted by Gasteiger charge is -2.17. The average molecular weight is 316 g/mol. The topological polar surface area (TPSA) is 107 Å². The summed E-state index contributed by atoms with van der Waals surface area (Å²) in [5.41, 5.74) is 0.0952. The second-order valence-electron chi connectivity index (χ2n) is 4.36. The quantitative estimate of drug-likeness (QED) is 0.441. The van der Waals surface area contributed by atoms with Gasteiger partial charge >= 0.3 is 5.97 Å². The van der Waals surface area contributed by atoms with Crippen LogP contribution < -0.4 is 0 Å². The number of methoxy groups -OCH3 is 1. The van der Waals surface area contributed by atoms with Gasteiger partial charge in [-0.2, -0.15) is 0 Å². The summed E-state index contributed by atoms with van der Waals surface area (Å²) in [6.07, 6.45) is -0.0712. The van der Waals surface area contributed by atoms with Crippen LogP contribution in [0.4, 0.5) is 5.69 Å². The molecule has 0 unspecified atom stereocenters. The molecular weight excluding hydrogens is 300 g/mol. The van der Waals surface area contributed by atoms with E-state index in [0.717, 1.165) is 10.4 Å². The number of nitrogens with zero attached hydrogens (tertiary/aromatic N) is 2. The van der Waals surface area contributed by atoms with Crippen molar-refractivity contribution in [2.75, 3.05) is 20.7 Å². The number of hydrogen-bond acceptors (Lipinski definition) is 6. The van der Waals surface area contributed by atoms with Gasteiger partial charge in [0.2, 0.25) is 10.0 Å². The minimum Gasteiger partial charge on any atom is -0.469 e. The van der Waals surface area contributed by atoms with Gasteiger partial charge in [0.15, 0.2) is 0 Å². The first-order valence-electron chi connectivity index (χ1n) is 5.98. The van der Waals surface area contributed by atoms with E-state index in [0.29, 0.717) is 0 Å². The number of benzene rings is 1. The second-order valence-corrected chi connectivity index (χ2v) is 6.37. The predicted octanol–water partition coefficient (Wildman–Crippen LogP) is 1.09. The zero-order valence-electron chi connectivity index (χ0n) is 11.9. The molecule has 0 spiro atoms. The molecule has 1 rings (SSSR count). The molecule has 9 heteroatoms. The largest absolute Gasteiger partial charge is 0.469 e. The van der Waals surface area contributed by atoms with Crippen molar-refractivity contribution in [2.24, 2.45) is 0 Å². The van der Waals surface area contributed by atoms with E-state index >= 15 is 0 Å². The second kappa shape index (κ2) is 6.64. The van der Waals surface area contributed by atoms with Gasteiger partial charge in [-0.1, -0.05) is 0 Å². The zero-order chi connectivity index (χ0) is 16.2. The monoisotopic (exact) mass is 316 g/mol. The molecule has 0 aliphatic heterocycles. The number of aryl methyl sites for hydroxylation is 1. The van der Waals surface area contributed by atoms with Gasteiger partial charge in [0.05, 0.1) is 23.3 Å². The number of esters is 1. The van der Waals surface area contributed by atoms with Crippen LogP contribution in [0.1, 0.15) is 12.0 Å². The SMILES string of the molecule is COC(=O)CCN(C)S(=O)(=O)c1ccc([N+](=O)[O-])cc1C. The van der Waals surface area contributed by atoms with Gasteiger partial charge in [0.1, 0.15) is 0 Å². The minimum atomic E-state index is -3.81. The Hall–Kier alpha value is -2.00. The van der Waals surface area contributed by atoms with Gasteiger partial charge < -0.3 is 4.74 Å². The summed E-state index contributed by atoms with van der Waals surface area (Å²) in [7, 11) is -1.26. The first-order chi connectivity index (χ1) is 9.70. The molecule has 0 saturated carbocycles. The third kappa shape index (κ3) is 3.99. The van der Waals surface area contributed by atoms with Gasteiger partial charge in [0, 0.05) is 25.7 Å². The predicted molar refractivity (Wildman–Crippen MR) is 74.3 cm³/mol. The van der Waals surface area contributed by atoms with Gasteiger partial charge in [-0.15, -0.1) is 0 Å². The van der Waals surface area contributed by atoms with Crippen molar-refractivity contribution in [2.45, 2.75) is 18.2 Å². The van der Waals surface area contributed by atoms with Crippen LogP contribution in [0.15, 0.2) is 23.1 Å². The molecule has 116 valence electrons. The highest BCUT2D eigenvalue weighted by molar-refractivity contribution is 7.89. The Kier molecular flexibility index (Phi) is 5.39. The Balaban J connectivity index is 3.02. The molecule has 0 aliphatic rings. The van der Waals surface area contributed by atoms with Crippen LogP contribution in [0.5, 0.6) is 0 Å². The zero-order valence-corrected chi connectivity index (χ0v) is 12.7. The molecule has 1 aromatic rings. The first kappa shape index (κ1) is 17.1. The Labute approximate surface area is 122 Å². The highest BCUT2D eigenvalue weighted by Crippen LogP contribution is 2.23. The number of ether oxygens (including phenoxy) is 1. The molecule has 21 heavy (non-hydrogen) atoms. The van der Waals surface area contributed by atoms with Crippen molar-refractivity contribution in [3.63, 3.8) is 0 Å². The van der Waals surface area contributed by atoms with Gasteiger partial charge in [-0.25, -0.2) is 12.7 Å². The van der Waals surface area contributed by atoms with Crippen LogP contribution in [0.2, 0.25) is 0 Å². The summed E-state index contributed by atoms with van der Waals surface area (Å²) >= 11 is 0. The summed E-state index contributed by atoms with van der Waals surface area (Å²) in [5.74, 6) is -0.516. The molecule has 0 saturated heterocycles. The normalized spacial score (nSPS) is 11.4. The van der Waals surface area contributed by atoms with E-state index < -0.39 is 20.9 Å². The van der Waals surface area contributed by atoms with Crippen LogP contribution in [-0.4, -0.2) is 44.3 Å². The summed E-state index contributed by atoms with van der Waals surface area (Å²) in [5, 5.41) is 10.7. The van der Waals surface area contributed by atoms with Gasteiger partial charge in [-0.3, -0.25) is 14.9 Å². The standard InChI is InChI=1S/C12H16N2O6S/c1-9-8-10(14(16)17)4-5-11(9)21(18,19)13(2)7-6-12(15)20-3/h4-5,8H,6-7H2,1-3H3. The van der Waals surface area contributed by atoms with Crippen molar-refractivity contribution in [3.05, 3.63) is 33.9 Å². The fourth-order valence-electron chi connectivity index (χ4n) is 1.68. The number of hydrogen-bond donors (Lipinski definition) is 0. The van der Waals surface area contributed by atoms with Crippen molar-refractivity contribution >= 4 is 21.7 Å². The van der Waals surface area contributed by atoms with Gasteiger partial charge in [0.25, 0.3) is 5.69 Å². The highest BCUT2D eigenvalue weighted by Gasteiger charge is 2.24. The molecule has 0 bridgehead atoms. The molecule has 0 aromatic heterocycles. The van der Waals surface area contributed by atoms with Crippen LogP contribution in [0.25, 0.3) is 0 Å². The first-order valence-corrected chi connectivity index (χ1v) is 7.42. The number of carbonyl (C=O) groups is 1. The molecule has 8 nitrogen and oxygen atoms in total. The summed E-state index contributed by atoms with van der Waals surface area (Å²) in [6.45, 7) is 1.44. The lowest BCUT2D eigenvalue weighted by atomic mass is 10.2. The lowest BCUT2D eigenvalue weighted by Crippen LogP contribution is -2.30. The molecule has 0 atom stereocenters. The highest BCUT2D eigenvalue weighted by atomic mass is 32.2. The third-order valence-electron chi connectivity index (χ3n) is 2.92. The van der Waals surface area contributed by atoms with E-state index in [1.165, 1.54) is 33.2 Å². The van der Waals surface area contributed by atoms with Crippen molar-refractivity contribution in [1.29, 1.82) is 0 Å². The molecule has 0 heterocycles. The number of carbonyl (C=O) groups excluding carboxylic acids is 1. The van der Waals surface area contributed by atoms with Gasteiger partial charge in [-0.05, 0) is 18.6 Å². The number of nitro groups is 1. The fourth-order valence-corrected chi connectivity index (χ4v) is 3.05.